The molecule has 5 rings (SSSR count). The Hall–Kier alpha value is -3.62. The minimum Gasteiger partial charge on any atom is -0.463 e. The van der Waals surface area contributed by atoms with E-state index < -0.39 is 8.07 Å². The van der Waals surface area contributed by atoms with Gasteiger partial charge in [-0.1, -0.05) is 55.9 Å². The number of aliphatic imine (C=N–C) groups is 1. The quantitative estimate of drug-likeness (QED) is 0.275. The summed E-state index contributed by atoms with van der Waals surface area (Å²) in [6.07, 6.45) is 3.55. The van der Waals surface area contributed by atoms with Crippen molar-refractivity contribution in [2.75, 3.05) is 0 Å². The molecule has 0 fully saturated rings. The molecule has 0 radical (unpaired) electrons. The molecule has 158 valence electrons. The Morgan fingerprint density at radius 3 is 2.53 bits per heavy atom. The van der Waals surface area contributed by atoms with Gasteiger partial charge >= 0.3 is 0 Å². The van der Waals surface area contributed by atoms with Crippen LogP contribution in [-0.4, -0.2) is 23.3 Å². The van der Waals surface area contributed by atoms with E-state index in [9.17, 15) is 0 Å². The van der Waals surface area contributed by atoms with Gasteiger partial charge in [-0.2, -0.15) is 0 Å². The van der Waals surface area contributed by atoms with Crippen molar-refractivity contribution in [1.82, 2.24) is 9.55 Å². The van der Waals surface area contributed by atoms with Crippen LogP contribution in [0, 0.1) is 11.5 Å². The summed E-state index contributed by atoms with van der Waals surface area (Å²) in [7, 11) is -1.48. The summed E-state index contributed by atoms with van der Waals surface area (Å²) in [5.74, 6) is 4.16. The van der Waals surface area contributed by atoms with Crippen molar-refractivity contribution < 1.29 is 4.42 Å². The second-order valence-electron chi connectivity index (χ2n) is 9.08. The van der Waals surface area contributed by atoms with E-state index in [4.69, 9.17) is 14.4 Å². The molecule has 0 spiro atoms. The third-order valence-electron chi connectivity index (χ3n) is 5.42. The predicted molar refractivity (Wildman–Crippen MR) is 132 cm³/mol. The molecule has 4 aromatic rings. The van der Waals surface area contributed by atoms with Crippen molar-refractivity contribution in [1.29, 1.82) is 0 Å². The second kappa shape index (κ2) is 7.81. The first-order valence-corrected chi connectivity index (χ1v) is 14.3. The molecule has 5 heteroatoms. The van der Waals surface area contributed by atoms with Crippen molar-refractivity contribution in [2.45, 2.75) is 32.6 Å². The van der Waals surface area contributed by atoms with Crippen LogP contribution < -0.4 is 0 Å². The molecular formula is C27H25N3OSi. The first-order valence-electron chi connectivity index (χ1n) is 10.8. The molecule has 0 N–H and O–H groups in total. The molecule has 0 aliphatic carbocycles. The summed E-state index contributed by atoms with van der Waals surface area (Å²) in [6.45, 7) is 8.89. The average Bonchev–Trinajstić information content (AvgIpc) is 3.43. The van der Waals surface area contributed by atoms with Gasteiger partial charge in [-0.15, -0.1) is 5.54 Å². The van der Waals surface area contributed by atoms with E-state index in [0.717, 1.165) is 45.2 Å². The monoisotopic (exact) mass is 435 g/mol. The number of aromatic nitrogens is 2. The van der Waals surface area contributed by atoms with Gasteiger partial charge in [-0.3, -0.25) is 9.56 Å². The van der Waals surface area contributed by atoms with Gasteiger partial charge < -0.3 is 4.42 Å². The summed E-state index contributed by atoms with van der Waals surface area (Å²) < 4.78 is 7.82. The Kier molecular flexibility index (Phi) is 4.95. The van der Waals surface area contributed by atoms with Gasteiger partial charge in [-0.05, 0) is 37.3 Å². The van der Waals surface area contributed by atoms with E-state index in [-0.39, 0.29) is 6.04 Å². The fourth-order valence-corrected chi connectivity index (χ4v) is 4.50. The van der Waals surface area contributed by atoms with Crippen molar-refractivity contribution in [2.24, 2.45) is 4.99 Å². The summed E-state index contributed by atoms with van der Waals surface area (Å²) in [5.41, 5.74) is 10.5. The van der Waals surface area contributed by atoms with Crippen LogP contribution in [0.2, 0.25) is 19.6 Å². The first kappa shape index (κ1) is 20.3. The Labute approximate surface area is 189 Å². The molecule has 0 unspecified atom stereocenters. The first-order chi connectivity index (χ1) is 15.4. The summed E-state index contributed by atoms with van der Waals surface area (Å²) in [5, 5.41) is 0. The number of benzene rings is 2. The SMILES string of the molecule is C[C@H]1N=C(c2ccccc2)c2cc(C#C[Si](C)(C)C)ccc2-n2cnc(-c3ccco3)c21. The summed E-state index contributed by atoms with van der Waals surface area (Å²) >= 11 is 0. The maximum absolute atomic E-state index is 5.68. The number of furan rings is 1. The minimum atomic E-state index is -1.48. The Morgan fingerprint density at radius 2 is 1.81 bits per heavy atom. The number of imidazole rings is 1. The lowest BCUT2D eigenvalue weighted by atomic mass is 9.98. The molecular weight excluding hydrogens is 410 g/mol. The normalized spacial score (nSPS) is 15.1. The number of hydrogen-bond acceptors (Lipinski definition) is 3. The zero-order chi connectivity index (χ0) is 22.3. The fourth-order valence-electron chi connectivity index (χ4n) is 3.98. The number of fused-ring (bicyclic) bond motifs is 3. The highest BCUT2D eigenvalue weighted by atomic mass is 28.3. The highest BCUT2D eigenvalue weighted by molar-refractivity contribution is 6.83. The van der Waals surface area contributed by atoms with Crippen LogP contribution in [0.3, 0.4) is 0 Å². The lowest BCUT2D eigenvalue weighted by Gasteiger charge is -2.13. The molecule has 3 heterocycles. The summed E-state index contributed by atoms with van der Waals surface area (Å²) in [4.78, 5) is 9.89. The van der Waals surface area contributed by atoms with E-state index in [2.05, 4.69) is 85.1 Å². The number of nitrogens with zero attached hydrogens (tertiary/aromatic N) is 3. The Bertz CT molecular complexity index is 1360. The van der Waals surface area contributed by atoms with Crippen LogP contribution in [0.25, 0.3) is 17.1 Å². The van der Waals surface area contributed by atoms with Gasteiger partial charge in [0.2, 0.25) is 0 Å². The second-order valence-corrected chi connectivity index (χ2v) is 13.8. The molecule has 0 bridgehead atoms. The van der Waals surface area contributed by atoms with Crippen LogP contribution in [0.4, 0.5) is 0 Å². The van der Waals surface area contributed by atoms with E-state index >= 15 is 0 Å². The zero-order valence-corrected chi connectivity index (χ0v) is 19.8. The largest absolute Gasteiger partial charge is 0.463 e. The lowest BCUT2D eigenvalue weighted by molar-refractivity contribution is 0.578. The van der Waals surface area contributed by atoms with Gasteiger partial charge in [-0.25, -0.2) is 4.98 Å². The Morgan fingerprint density at radius 1 is 1.00 bits per heavy atom. The Balaban J connectivity index is 1.76. The third-order valence-corrected chi connectivity index (χ3v) is 6.29. The van der Waals surface area contributed by atoms with Crippen molar-refractivity contribution >= 4 is 13.8 Å². The molecule has 0 saturated heterocycles. The third kappa shape index (κ3) is 3.74. The zero-order valence-electron chi connectivity index (χ0n) is 18.8. The van der Waals surface area contributed by atoms with Crippen molar-refractivity contribution in [3.63, 3.8) is 0 Å². The fraction of sp³-hybridized carbons (Fsp3) is 0.185. The molecule has 2 aromatic heterocycles. The van der Waals surface area contributed by atoms with Crippen LogP contribution in [-0.2, 0) is 0 Å². The molecule has 1 atom stereocenters. The van der Waals surface area contributed by atoms with E-state index in [0.29, 0.717) is 0 Å². The van der Waals surface area contributed by atoms with Gasteiger partial charge in [0.05, 0.1) is 29.4 Å². The summed E-state index contributed by atoms with van der Waals surface area (Å²) in [6, 6.07) is 20.5. The molecule has 32 heavy (non-hydrogen) atoms. The molecule has 1 aliphatic rings. The lowest BCUT2D eigenvalue weighted by Crippen LogP contribution is -2.16. The maximum atomic E-state index is 5.68. The molecule has 1 aliphatic heterocycles. The van der Waals surface area contributed by atoms with Crippen LogP contribution >= 0.6 is 0 Å². The molecule has 0 saturated carbocycles. The minimum absolute atomic E-state index is 0.100. The molecule has 0 amide bonds. The van der Waals surface area contributed by atoms with E-state index in [1.54, 1.807) is 6.26 Å². The van der Waals surface area contributed by atoms with Crippen LogP contribution in [0.15, 0.2) is 82.7 Å². The van der Waals surface area contributed by atoms with E-state index in [1.165, 1.54) is 0 Å². The van der Waals surface area contributed by atoms with Gasteiger partial charge in [0, 0.05) is 16.7 Å². The van der Waals surface area contributed by atoms with Gasteiger partial charge in [0.15, 0.2) is 5.76 Å². The standard InChI is InChI=1S/C27H25N3OSi/c1-19-27-26(24-11-8-15-31-24)28-18-30(27)23-13-12-20(14-16-32(2,3)4)17-22(23)25(29-19)21-9-6-5-7-10-21/h5-13,15,17-19H,1-4H3/t19-/m1/s1. The molecule has 4 nitrogen and oxygen atoms in total. The van der Waals surface area contributed by atoms with Gasteiger partial charge in [0.25, 0.3) is 0 Å². The highest BCUT2D eigenvalue weighted by Gasteiger charge is 2.27. The average molecular weight is 436 g/mol. The van der Waals surface area contributed by atoms with Crippen LogP contribution in [0.5, 0.6) is 0 Å². The van der Waals surface area contributed by atoms with Crippen molar-refractivity contribution in [3.8, 4) is 28.6 Å². The molecule has 2 aromatic carbocycles. The van der Waals surface area contributed by atoms with E-state index in [1.807, 2.05) is 24.5 Å². The maximum Gasteiger partial charge on any atom is 0.154 e. The van der Waals surface area contributed by atoms with Gasteiger partial charge in [0.1, 0.15) is 20.1 Å². The van der Waals surface area contributed by atoms with Crippen molar-refractivity contribution in [3.05, 3.63) is 95.6 Å². The number of rotatable bonds is 2. The topological polar surface area (TPSA) is 43.3 Å². The number of hydrogen-bond donors (Lipinski definition) is 0. The predicted octanol–water partition coefficient (Wildman–Crippen LogP) is 6.27. The highest BCUT2D eigenvalue weighted by Crippen LogP contribution is 2.36. The smallest absolute Gasteiger partial charge is 0.154 e. The van der Waals surface area contributed by atoms with Crippen LogP contribution in [0.1, 0.15) is 35.3 Å².